The summed E-state index contributed by atoms with van der Waals surface area (Å²) in [4.78, 5) is 0. The molecule has 1 aliphatic rings. The van der Waals surface area contributed by atoms with E-state index in [1.807, 2.05) is 0 Å². The highest BCUT2D eigenvalue weighted by molar-refractivity contribution is 5.02. The molecule has 0 aliphatic carbocycles. The van der Waals surface area contributed by atoms with Crippen molar-refractivity contribution in [1.29, 1.82) is 0 Å². The Morgan fingerprint density at radius 3 is 1.75 bits per heavy atom. The van der Waals surface area contributed by atoms with Gasteiger partial charge in [0.15, 0.2) is 0 Å². The quantitative estimate of drug-likeness (QED) is 0.679. The van der Waals surface area contributed by atoms with Crippen molar-refractivity contribution >= 4 is 0 Å². The van der Waals surface area contributed by atoms with E-state index in [4.69, 9.17) is 0 Å². The largest absolute Gasteiger partial charge is 0.458 e. The van der Waals surface area contributed by atoms with Gasteiger partial charge >= 0.3 is 12.1 Å². The van der Waals surface area contributed by atoms with E-state index in [-0.39, 0.29) is 0 Å². The normalized spacial score (nSPS) is 19.8. The van der Waals surface area contributed by atoms with Crippen molar-refractivity contribution in [2.24, 2.45) is 26.6 Å². The van der Waals surface area contributed by atoms with Crippen molar-refractivity contribution in [3.8, 4) is 0 Å². The van der Waals surface area contributed by atoms with Crippen LogP contribution >= 0.6 is 0 Å². The van der Waals surface area contributed by atoms with Gasteiger partial charge in [0.1, 0.15) is 0 Å². The standard InChI is InChI=1S/C7H9F5N4/c1-4(2)3-5(13-15-16-14-5)6(8,9)7(10,11)12/h4H,3H2,1-2H3. The van der Waals surface area contributed by atoms with Gasteiger partial charge in [-0.15, -0.1) is 10.2 Å². The molecule has 1 rings (SSSR count). The van der Waals surface area contributed by atoms with Gasteiger partial charge in [0.25, 0.3) is 5.66 Å². The summed E-state index contributed by atoms with van der Waals surface area (Å²) in [6.07, 6.45) is -6.31. The van der Waals surface area contributed by atoms with E-state index in [1.54, 1.807) is 0 Å². The molecule has 0 bridgehead atoms. The zero-order valence-electron chi connectivity index (χ0n) is 8.46. The van der Waals surface area contributed by atoms with Crippen molar-refractivity contribution in [3.05, 3.63) is 0 Å². The molecule has 0 aromatic carbocycles. The van der Waals surface area contributed by atoms with E-state index in [0.717, 1.165) is 0 Å². The molecule has 16 heavy (non-hydrogen) atoms. The molecule has 0 atom stereocenters. The van der Waals surface area contributed by atoms with Crippen LogP contribution in [0.1, 0.15) is 20.3 Å². The summed E-state index contributed by atoms with van der Waals surface area (Å²) >= 11 is 0. The second kappa shape index (κ2) is 3.70. The van der Waals surface area contributed by atoms with Crippen LogP contribution < -0.4 is 0 Å². The topological polar surface area (TPSA) is 49.4 Å². The first kappa shape index (κ1) is 12.9. The highest BCUT2D eigenvalue weighted by Crippen LogP contribution is 2.50. The molecule has 0 aromatic heterocycles. The maximum Gasteiger partial charge on any atom is 0.458 e. The molecule has 0 N–H and O–H groups in total. The van der Waals surface area contributed by atoms with Crippen molar-refractivity contribution in [3.63, 3.8) is 0 Å². The van der Waals surface area contributed by atoms with E-state index in [1.165, 1.54) is 13.8 Å². The number of nitrogens with zero attached hydrogens (tertiary/aromatic N) is 4. The molecule has 0 amide bonds. The highest BCUT2D eigenvalue weighted by atomic mass is 19.4. The zero-order chi connectivity index (χ0) is 12.6. The average molecular weight is 244 g/mol. The predicted molar refractivity (Wildman–Crippen MR) is 42.9 cm³/mol. The molecule has 0 unspecified atom stereocenters. The van der Waals surface area contributed by atoms with Gasteiger partial charge in [-0.25, -0.2) is 0 Å². The third kappa shape index (κ3) is 1.90. The van der Waals surface area contributed by atoms with Crippen LogP contribution in [0.25, 0.3) is 0 Å². The number of hydrogen-bond acceptors (Lipinski definition) is 4. The van der Waals surface area contributed by atoms with Gasteiger partial charge in [-0.2, -0.15) is 22.0 Å². The van der Waals surface area contributed by atoms with Crippen LogP contribution in [0, 0.1) is 5.92 Å². The number of rotatable bonds is 3. The Morgan fingerprint density at radius 2 is 1.44 bits per heavy atom. The molecule has 0 radical (unpaired) electrons. The number of alkyl halides is 5. The fourth-order valence-electron chi connectivity index (χ4n) is 1.34. The molecule has 0 saturated carbocycles. The molecule has 9 heteroatoms. The summed E-state index contributed by atoms with van der Waals surface area (Å²) < 4.78 is 63.1. The molecular formula is C7H9F5N4. The van der Waals surface area contributed by atoms with Crippen LogP contribution in [-0.2, 0) is 0 Å². The van der Waals surface area contributed by atoms with Gasteiger partial charge in [-0.05, 0) is 16.4 Å². The van der Waals surface area contributed by atoms with Crippen LogP contribution in [-0.4, -0.2) is 17.8 Å². The third-order valence-electron chi connectivity index (χ3n) is 2.01. The predicted octanol–water partition coefficient (Wildman–Crippen LogP) is 3.76. The fraction of sp³-hybridized carbons (Fsp3) is 1.00. The van der Waals surface area contributed by atoms with Crippen LogP contribution in [0.15, 0.2) is 20.7 Å². The Labute approximate surface area is 87.6 Å². The smallest absolute Gasteiger partial charge is 0.191 e. The van der Waals surface area contributed by atoms with Crippen LogP contribution in [0.4, 0.5) is 22.0 Å². The lowest BCUT2D eigenvalue weighted by Crippen LogP contribution is -2.54. The molecule has 1 heterocycles. The third-order valence-corrected chi connectivity index (χ3v) is 2.01. The summed E-state index contributed by atoms with van der Waals surface area (Å²) in [5, 5.41) is 11.3. The molecule has 92 valence electrons. The van der Waals surface area contributed by atoms with Gasteiger partial charge in [0.2, 0.25) is 0 Å². The Morgan fingerprint density at radius 1 is 1.00 bits per heavy atom. The van der Waals surface area contributed by atoms with Crippen molar-refractivity contribution < 1.29 is 22.0 Å². The molecule has 4 nitrogen and oxygen atoms in total. The first-order chi connectivity index (χ1) is 7.12. The van der Waals surface area contributed by atoms with E-state index < -0.39 is 30.1 Å². The van der Waals surface area contributed by atoms with E-state index in [2.05, 4.69) is 20.7 Å². The minimum Gasteiger partial charge on any atom is -0.191 e. The summed E-state index contributed by atoms with van der Waals surface area (Å²) in [6.45, 7) is 2.97. The summed E-state index contributed by atoms with van der Waals surface area (Å²) in [5.41, 5.74) is -2.95. The van der Waals surface area contributed by atoms with Gasteiger partial charge < -0.3 is 0 Å². The summed E-state index contributed by atoms with van der Waals surface area (Å²) in [7, 11) is 0. The monoisotopic (exact) mass is 244 g/mol. The second-order valence-corrected chi connectivity index (χ2v) is 3.87. The van der Waals surface area contributed by atoms with Crippen molar-refractivity contribution in [2.45, 2.75) is 38.0 Å². The molecule has 0 aromatic rings. The van der Waals surface area contributed by atoms with Crippen LogP contribution in [0.5, 0.6) is 0 Å². The lowest BCUT2D eigenvalue weighted by molar-refractivity contribution is -0.307. The second-order valence-electron chi connectivity index (χ2n) is 3.87. The Bertz CT molecular complexity index is 307. The SMILES string of the molecule is CC(C)CC1(C(F)(F)C(F)(F)F)N=NN=N1. The Hall–Kier alpha value is -1.15. The van der Waals surface area contributed by atoms with Crippen LogP contribution in [0.3, 0.4) is 0 Å². The minimum absolute atomic E-state index is 0.454. The lowest BCUT2D eigenvalue weighted by Gasteiger charge is -2.31. The molecule has 0 fully saturated rings. The van der Waals surface area contributed by atoms with Crippen molar-refractivity contribution in [2.75, 3.05) is 0 Å². The minimum atomic E-state index is -5.73. The number of halogens is 5. The first-order valence-corrected chi connectivity index (χ1v) is 4.41. The van der Waals surface area contributed by atoms with Crippen molar-refractivity contribution in [1.82, 2.24) is 0 Å². The van der Waals surface area contributed by atoms with Crippen LogP contribution in [0.2, 0.25) is 0 Å². The van der Waals surface area contributed by atoms with E-state index in [9.17, 15) is 22.0 Å². The van der Waals surface area contributed by atoms with Gasteiger partial charge in [-0.3, -0.25) is 0 Å². The van der Waals surface area contributed by atoms with Gasteiger partial charge in [-0.1, -0.05) is 13.8 Å². The molecular weight excluding hydrogens is 235 g/mol. The average Bonchev–Trinajstić information content (AvgIpc) is 2.50. The highest BCUT2D eigenvalue weighted by Gasteiger charge is 2.72. The van der Waals surface area contributed by atoms with E-state index >= 15 is 0 Å². The molecule has 1 aliphatic heterocycles. The van der Waals surface area contributed by atoms with Gasteiger partial charge in [0.05, 0.1) is 0 Å². The fourth-order valence-corrected chi connectivity index (χ4v) is 1.34. The van der Waals surface area contributed by atoms with Gasteiger partial charge in [0, 0.05) is 6.42 Å². The lowest BCUT2D eigenvalue weighted by atomic mass is 9.92. The Balaban J connectivity index is 3.13. The molecule has 0 spiro atoms. The Kier molecular flexibility index (Phi) is 2.99. The zero-order valence-corrected chi connectivity index (χ0v) is 8.46. The maximum atomic E-state index is 13.2. The number of hydrogen-bond donors (Lipinski definition) is 0. The van der Waals surface area contributed by atoms with E-state index in [0.29, 0.717) is 0 Å². The first-order valence-electron chi connectivity index (χ1n) is 4.41. The molecule has 0 saturated heterocycles. The summed E-state index contributed by atoms with van der Waals surface area (Å²) in [6, 6.07) is 0. The summed E-state index contributed by atoms with van der Waals surface area (Å²) in [5.74, 6) is -5.53. The maximum absolute atomic E-state index is 13.2.